The summed E-state index contributed by atoms with van der Waals surface area (Å²) >= 11 is 0. The van der Waals surface area contributed by atoms with Crippen molar-refractivity contribution >= 4 is 18.2 Å². The van der Waals surface area contributed by atoms with Crippen LogP contribution in [-0.2, 0) is 14.4 Å². The molecule has 0 rings (SSSR count). The van der Waals surface area contributed by atoms with Gasteiger partial charge in [-0.1, -0.05) is 219 Å². The predicted octanol–water partition coefficient (Wildman–Crippen LogP) is 11.5. The molecule has 54 heavy (non-hydrogen) atoms. The number of unbranched alkanes of at least 4 members (excludes halogenated alkanes) is 32. The van der Waals surface area contributed by atoms with Crippen LogP contribution in [0.2, 0.25) is 0 Å². The highest BCUT2D eigenvalue weighted by molar-refractivity contribution is 5.66. The minimum absolute atomic E-state index is 0.0869. The van der Waals surface area contributed by atoms with E-state index in [9.17, 15) is 14.4 Å². The minimum Gasteiger partial charge on any atom is -0.481 e. The van der Waals surface area contributed by atoms with Crippen LogP contribution >= 0.6 is 0 Å². The van der Waals surface area contributed by atoms with E-state index in [1.165, 1.54) is 193 Å². The first-order valence-corrected chi connectivity index (χ1v) is 22.7. The number of carboxylic acid groups (broad SMARTS) is 2. The van der Waals surface area contributed by atoms with Crippen molar-refractivity contribution < 1.29 is 45.0 Å². The largest absolute Gasteiger partial charge is 0.481 e. The van der Waals surface area contributed by atoms with E-state index in [0.29, 0.717) is 12.8 Å². The Labute approximate surface area is 332 Å². The van der Waals surface area contributed by atoms with Gasteiger partial charge in [0.1, 0.15) is 18.3 Å². The van der Waals surface area contributed by atoms with Gasteiger partial charge in [-0.05, 0) is 12.8 Å². The summed E-state index contributed by atoms with van der Waals surface area (Å²) in [5.74, 6) is -1.30. The molecule has 0 unspecified atom stereocenters. The highest BCUT2D eigenvalue weighted by atomic mass is 16.4. The van der Waals surface area contributed by atoms with Crippen LogP contribution in [0.25, 0.3) is 0 Å². The number of rotatable bonds is 40. The maximum Gasteiger partial charge on any atom is 0.303 e. The molecule has 9 heteroatoms. The third-order valence-corrected chi connectivity index (χ3v) is 10.1. The maximum atomic E-state index is 10.4. The number of aliphatic hydroxyl groups excluding tert-OH is 4. The van der Waals surface area contributed by atoms with E-state index in [1.54, 1.807) is 0 Å². The number of carbonyl (C=O) groups is 3. The van der Waals surface area contributed by atoms with Crippen LogP contribution in [0.3, 0.4) is 0 Å². The lowest BCUT2D eigenvalue weighted by molar-refractivity contribution is -0.138. The number of aldehydes is 1. The SMILES string of the molecule is CCCCCCCCCCCCCCCCCCCC(=O)O.CCCCCCCCCCCCCCCCCCCC(=O)O.O=C[C@H](O)[C@@H](O)[C@H](O)CO. The van der Waals surface area contributed by atoms with Crippen LogP contribution in [0.5, 0.6) is 0 Å². The molecule has 9 nitrogen and oxygen atoms in total. The zero-order chi connectivity index (χ0) is 40.8. The molecule has 0 heterocycles. The standard InChI is InChI=1S/2C20H40O2.C5H10O5/c2*1-2-3-4-5-6-7-8-9-10-11-12-13-14-15-16-17-18-19-20(21)22;6-1-3(8)5(10)4(9)2-7/h2*2-19H2,1H3,(H,21,22);1,3-5,7-10H,2H2/t;;3-,4+,5+/m..0/s1. The fraction of sp³-hybridized carbons (Fsp3) is 0.933. The third kappa shape index (κ3) is 52.6. The van der Waals surface area contributed by atoms with Gasteiger partial charge in [0.15, 0.2) is 6.29 Å². The first kappa shape index (κ1) is 56.8. The molecule has 0 fully saturated rings. The van der Waals surface area contributed by atoms with Crippen LogP contribution in [0, 0.1) is 0 Å². The van der Waals surface area contributed by atoms with E-state index >= 15 is 0 Å². The molecule has 0 amide bonds. The predicted molar refractivity (Wildman–Crippen MR) is 224 cm³/mol. The number of carbonyl (C=O) groups excluding carboxylic acids is 1. The first-order chi connectivity index (χ1) is 26.2. The molecule has 0 radical (unpaired) electrons. The van der Waals surface area contributed by atoms with Crippen molar-refractivity contribution in [1.29, 1.82) is 0 Å². The Morgan fingerprint density at radius 3 is 0.778 bits per heavy atom. The highest BCUT2D eigenvalue weighted by Crippen LogP contribution is 2.16. The molecule has 0 aromatic heterocycles. The monoisotopic (exact) mass is 775 g/mol. The minimum atomic E-state index is -1.64. The molecule has 0 spiro atoms. The van der Waals surface area contributed by atoms with E-state index in [1.807, 2.05) is 0 Å². The van der Waals surface area contributed by atoms with Crippen LogP contribution in [0.4, 0.5) is 0 Å². The Morgan fingerprint density at radius 2 is 0.611 bits per heavy atom. The van der Waals surface area contributed by atoms with E-state index in [2.05, 4.69) is 13.8 Å². The first-order valence-electron chi connectivity index (χ1n) is 22.7. The van der Waals surface area contributed by atoms with Gasteiger partial charge in [-0.25, -0.2) is 0 Å². The number of carboxylic acids is 2. The summed E-state index contributed by atoms with van der Waals surface area (Å²) in [6.07, 6.45) is 41.7. The summed E-state index contributed by atoms with van der Waals surface area (Å²) in [7, 11) is 0. The van der Waals surface area contributed by atoms with Crippen LogP contribution in [0.1, 0.15) is 245 Å². The summed E-state index contributed by atoms with van der Waals surface area (Å²) in [5.41, 5.74) is 0. The van der Waals surface area contributed by atoms with Crippen LogP contribution < -0.4 is 0 Å². The lowest BCUT2D eigenvalue weighted by atomic mass is 10.0. The van der Waals surface area contributed by atoms with Gasteiger partial charge in [0, 0.05) is 12.8 Å². The average Bonchev–Trinajstić information content (AvgIpc) is 3.16. The lowest BCUT2D eigenvalue weighted by Crippen LogP contribution is -2.40. The molecule has 3 atom stereocenters. The molecule has 0 aliphatic heterocycles. The fourth-order valence-electron chi connectivity index (χ4n) is 6.42. The highest BCUT2D eigenvalue weighted by Gasteiger charge is 2.22. The van der Waals surface area contributed by atoms with Crippen molar-refractivity contribution in [2.24, 2.45) is 0 Å². The summed E-state index contributed by atoms with van der Waals surface area (Å²) in [6, 6.07) is 0. The zero-order valence-electron chi connectivity index (χ0n) is 35.4. The topological polar surface area (TPSA) is 173 Å². The summed E-state index contributed by atoms with van der Waals surface area (Å²) < 4.78 is 0. The Balaban J connectivity index is -0.000000774. The number of aliphatic carboxylic acids is 2. The molecule has 0 saturated carbocycles. The molecule has 0 aliphatic rings. The smallest absolute Gasteiger partial charge is 0.303 e. The quantitative estimate of drug-likeness (QED) is 0.0262. The molecule has 0 aliphatic carbocycles. The second-order valence-electron chi connectivity index (χ2n) is 15.5. The molecular weight excluding hydrogens is 684 g/mol. The third-order valence-electron chi connectivity index (χ3n) is 10.1. The van der Waals surface area contributed by atoms with Gasteiger partial charge >= 0.3 is 11.9 Å². The van der Waals surface area contributed by atoms with E-state index in [4.69, 9.17) is 30.6 Å². The summed E-state index contributed by atoms with van der Waals surface area (Å²) in [5, 5.41) is 51.1. The van der Waals surface area contributed by atoms with Gasteiger partial charge < -0.3 is 35.4 Å². The maximum absolute atomic E-state index is 10.4. The van der Waals surface area contributed by atoms with Gasteiger partial charge in [-0.15, -0.1) is 0 Å². The van der Waals surface area contributed by atoms with Gasteiger partial charge in [0.05, 0.1) is 6.61 Å². The lowest BCUT2D eigenvalue weighted by Gasteiger charge is -2.16. The molecule has 0 bridgehead atoms. The van der Waals surface area contributed by atoms with E-state index < -0.39 is 36.9 Å². The molecular formula is C45H90O9. The van der Waals surface area contributed by atoms with Crippen molar-refractivity contribution in [2.75, 3.05) is 6.61 Å². The normalized spacial score (nSPS) is 12.6. The number of hydrogen-bond acceptors (Lipinski definition) is 7. The average molecular weight is 775 g/mol. The van der Waals surface area contributed by atoms with Crippen molar-refractivity contribution in [1.82, 2.24) is 0 Å². The van der Waals surface area contributed by atoms with Crippen LogP contribution in [0.15, 0.2) is 0 Å². The van der Waals surface area contributed by atoms with Crippen molar-refractivity contribution in [3.05, 3.63) is 0 Å². The van der Waals surface area contributed by atoms with Gasteiger partial charge in [-0.3, -0.25) is 9.59 Å². The fourth-order valence-corrected chi connectivity index (χ4v) is 6.42. The van der Waals surface area contributed by atoms with Crippen molar-refractivity contribution in [3.8, 4) is 0 Å². The Kier molecular flexibility index (Phi) is 52.0. The van der Waals surface area contributed by atoms with E-state index in [0.717, 1.165) is 25.7 Å². The molecule has 0 saturated heterocycles. The molecule has 324 valence electrons. The van der Waals surface area contributed by atoms with Crippen LogP contribution in [-0.4, -0.2) is 73.8 Å². The Hall–Kier alpha value is -1.55. The van der Waals surface area contributed by atoms with Crippen molar-refractivity contribution in [2.45, 2.75) is 263 Å². The number of hydrogen-bond donors (Lipinski definition) is 6. The molecule has 0 aromatic rings. The van der Waals surface area contributed by atoms with Gasteiger partial charge in [0.2, 0.25) is 0 Å². The van der Waals surface area contributed by atoms with Gasteiger partial charge in [0.25, 0.3) is 0 Å². The molecule has 0 aromatic carbocycles. The van der Waals surface area contributed by atoms with Crippen molar-refractivity contribution in [3.63, 3.8) is 0 Å². The summed E-state index contributed by atoms with van der Waals surface area (Å²) in [6.45, 7) is 3.87. The summed E-state index contributed by atoms with van der Waals surface area (Å²) in [4.78, 5) is 30.5. The molecule has 6 N–H and O–H groups in total. The zero-order valence-corrected chi connectivity index (χ0v) is 35.4. The van der Waals surface area contributed by atoms with Gasteiger partial charge in [-0.2, -0.15) is 0 Å². The Bertz CT molecular complexity index is 701. The number of aliphatic hydroxyl groups is 4. The van der Waals surface area contributed by atoms with E-state index in [-0.39, 0.29) is 6.29 Å². The Morgan fingerprint density at radius 1 is 0.407 bits per heavy atom. The second-order valence-corrected chi connectivity index (χ2v) is 15.5. The second kappa shape index (κ2) is 49.5.